The van der Waals surface area contributed by atoms with Crippen molar-refractivity contribution in [1.82, 2.24) is 19.3 Å². The van der Waals surface area contributed by atoms with E-state index in [9.17, 15) is 0 Å². The molecule has 0 aliphatic rings. The van der Waals surface area contributed by atoms with Crippen LogP contribution < -0.4 is 5.73 Å². The quantitative estimate of drug-likeness (QED) is 0.863. The molecule has 2 aromatic rings. The van der Waals surface area contributed by atoms with Crippen LogP contribution in [0.4, 0.5) is 0 Å². The molecule has 1 unspecified atom stereocenters. The summed E-state index contributed by atoms with van der Waals surface area (Å²) in [5, 5.41) is 4.55. The van der Waals surface area contributed by atoms with Gasteiger partial charge in [0.1, 0.15) is 5.82 Å². The molecule has 0 saturated heterocycles. The lowest BCUT2D eigenvalue weighted by atomic mass is 10.1. The van der Waals surface area contributed by atoms with Crippen LogP contribution in [0.15, 0.2) is 18.5 Å². The van der Waals surface area contributed by atoms with E-state index in [4.69, 9.17) is 5.73 Å². The van der Waals surface area contributed by atoms with Gasteiger partial charge < -0.3 is 10.3 Å². The first-order chi connectivity index (χ1) is 9.15. The van der Waals surface area contributed by atoms with Crippen molar-refractivity contribution in [2.75, 3.05) is 0 Å². The van der Waals surface area contributed by atoms with Gasteiger partial charge >= 0.3 is 0 Å². The van der Waals surface area contributed by atoms with E-state index in [1.165, 1.54) is 0 Å². The zero-order valence-electron chi connectivity index (χ0n) is 12.0. The lowest BCUT2D eigenvalue weighted by molar-refractivity contribution is 0.537. The second-order valence-corrected chi connectivity index (χ2v) is 4.83. The predicted molar refractivity (Wildman–Crippen MR) is 75.7 cm³/mol. The molecule has 2 N–H and O–H groups in total. The van der Waals surface area contributed by atoms with Gasteiger partial charge in [0, 0.05) is 38.4 Å². The predicted octanol–water partition coefficient (Wildman–Crippen LogP) is 1.83. The summed E-state index contributed by atoms with van der Waals surface area (Å²) >= 11 is 0. The molecule has 104 valence electrons. The lowest BCUT2D eigenvalue weighted by Gasteiger charge is -2.13. The maximum absolute atomic E-state index is 6.31. The number of nitrogens with two attached hydrogens (primary N) is 1. The van der Waals surface area contributed by atoms with Gasteiger partial charge in [0.05, 0.1) is 11.4 Å². The summed E-state index contributed by atoms with van der Waals surface area (Å²) in [6, 6.07) is 2.15. The first-order valence-corrected chi connectivity index (χ1v) is 6.94. The van der Waals surface area contributed by atoms with Gasteiger partial charge in [0.25, 0.3) is 0 Å². The van der Waals surface area contributed by atoms with Crippen molar-refractivity contribution < 1.29 is 0 Å². The van der Waals surface area contributed by atoms with E-state index in [1.54, 1.807) is 0 Å². The standard InChI is InChI=1S/C14H23N5/c1-4-11-10-13(19(5-2)17-11)12(15)6-7-14-16-8-9-18(14)3/h8-10,12H,4-7,15H2,1-3H3. The molecule has 2 aromatic heterocycles. The molecule has 5 heteroatoms. The van der Waals surface area contributed by atoms with E-state index in [1.807, 2.05) is 28.7 Å². The molecule has 0 fully saturated rings. The second kappa shape index (κ2) is 6.02. The highest BCUT2D eigenvalue weighted by molar-refractivity contribution is 5.14. The molecule has 0 bridgehead atoms. The van der Waals surface area contributed by atoms with Crippen molar-refractivity contribution >= 4 is 0 Å². The van der Waals surface area contributed by atoms with Gasteiger partial charge in [-0.3, -0.25) is 4.68 Å². The maximum Gasteiger partial charge on any atom is 0.108 e. The zero-order valence-corrected chi connectivity index (χ0v) is 12.0. The van der Waals surface area contributed by atoms with Crippen LogP contribution in [0.2, 0.25) is 0 Å². The number of aromatic nitrogens is 4. The monoisotopic (exact) mass is 261 g/mol. The molecule has 0 aliphatic heterocycles. The smallest absolute Gasteiger partial charge is 0.108 e. The largest absolute Gasteiger partial charge is 0.338 e. The Kier molecular flexibility index (Phi) is 4.37. The normalized spacial score (nSPS) is 12.8. The molecule has 2 rings (SSSR count). The lowest BCUT2D eigenvalue weighted by Crippen LogP contribution is -2.17. The van der Waals surface area contributed by atoms with Crippen LogP contribution in [-0.4, -0.2) is 19.3 Å². The van der Waals surface area contributed by atoms with Gasteiger partial charge in [-0.1, -0.05) is 6.92 Å². The summed E-state index contributed by atoms with van der Waals surface area (Å²) in [5.74, 6) is 1.08. The van der Waals surface area contributed by atoms with E-state index in [0.29, 0.717) is 0 Å². The van der Waals surface area contributed by atoms with E-state index < -0.39 is 0 Å². The zero-order chi connectivity index (χ0) is 13.8. The van der Waals surface area contributed by atoms with Crippen LogP contribution in [0.3, 0.4) is 0 Å². The van der Waals surface area contributed by atoms with Crippen LogP contribution in [0, 0.1) is 0 Å². The minimum Gasteiger partial charge on any atom is -0.338 e. The molecule has 0 amide bonds. The van der Waals surface area contributed by atoms with E-state index in [0.717, 1.165) is 43.0 Å². The van der Waals surface area contributed by atoms with Crippen molar-refractivity contribution in [2.45, 2.75) is 45.7 Å². The summed E-state index contributed by atoms with van der Waals surface area (Å²) < 4.78 is 4.06. The Hall–Kier alpha value is -1.62. The van der Waals surface area contributed by atoms with E-state index >= 15 is 0 Å². The van der Waals surface area contributed by atoms with Gasteiger partial charge in [-0.2, -0.15) is 5.10 Å². The summed E-state index contributed by atoms with van der Waals surface area (Å²) in [7, 11) is 2.01. The number of hydrogen-bond acceptors (Lipinski definition) is 3. The fourth-order valence-electron chi connectivity index (χ4n) is 2.28. The molecule has 19 heavy (non-hydrogen) atoms. The Morgan fingerprint density at radius 3 is 2.74 bits per heavy atom. The fourth-order valence-corrected chi connectivity index (χ4v) is 2.28. The maximum atomic E-state index is 6.31. The van der Waals surface area contributed by atoms with Crippen LogP contribution in [-0.2, 0) is 26.4 Å². The number of nitrogens with zero attached hydrogens (tertiary/aromatic N) is 4. The summed E-state index contributed by atoms with van der Waals surface area (Å²) in [5.41, 5.74) is 8.56. The number of imidazole rings is 1. The Balaban J connectivity index is 2.05. The number of hydrogen-bond donors (Lipinski definition) is 1. The average molecular weight is 261 g/mol. The van der Waals surface area contributed by atoms with Crippen molar-refractivity contribution in [1.29, 1.82) is 0 Å². The van der Waals surface area contributed by atoms with Gasteiger partial charge in [-0.05, 0) is 25.8 Å². The molecular formula is C14H23N5. The van der Waals surface area contributed by atoms with Crippen molar-refractivity contribution in [3.05, 3.63) is 35.7 Å². The van der Waals surface area contributed by atoms with E-state index in [-0.39, 0.29) is 6.04 Å². The summed E-state index contributed by atoms with van der Waals surface area (Å²) in [6.07, 6.45) is 6.52. The first-order valence-electron chi connectivity index (χ1n) is 6.94. The molecule has 0 saturated carbocycles. The van der Waals surface area contributed by atoms with Crippen molar-refractivity contribution in [2.24, 2.45) is 12.8 Å². The highest BCUT2D eigenvalue weighted by Gasteiger charge is 2.14. The van der Waals surface area contributed by atoms with Gasteiger partial charge in [-0.25, -0.2) is 4.98 Å². The second-order valence-electron chi connectivity index (χ2n) is 4.83. The third-order valence-electron chi connectivity index (χ3n) is 3.50. The molecule has 0 aromatic carbocycles. The van der Waals surface area contributed by atoms with Crippen molar-refractivity contribution in [3.63, 3.8) is 0 Å². The van der Waals surface area contributed by atoms with Crippen LogP contribution in [0.5, 0.6) is 0 Å². The number of rotatable bonds is 6. The minimum absolute atomic E-state index is 0.0180. The van der Waals surface area contributed by atoms with Crippen LogP contribution >= 0.6 is 0 Å². The third kappa shape index (κ3) is 3.04. The first kappa shape index (κ1) is 13.8. The third-order valence-corrected chi connectivity index (χ3v) is 3.50. The molecule has 0 radical (unpaired) electrons. The Labute approximate surface area is 114 Å². The fraction of sp³-hybridized carbons (Fsp3) is 0.571. The molecule has 5 nitrogen and oxygen atoms in total. The number of aryl methyl sites for hydroxylation is 4. The van der Waals surface area contributed by atoms with E-state index in [2.05, 4.69) is 30.0 Å². The minimum atomic E-state index is 0.0180. The highest BCUT2D eigenvalue weighted by Crippen LogP contribution is 2.18. The molecule has 2 heterocycles. The van der Waals surface area contributed by atoms with Gasteiger partial charge in [-0.15, -0.1) is 0 Å². The summed E-state index contributed by atoms with van der Waals surface area (Å²) in [6.45, 7) is 5.08. The Morgan fingerprint density at radius 1 is 1.37 bits per heavy atom. The molecule has 1 atom stereocenters. The Morgan fingerprint density at radius 2 is 2.16 bits per heavy atom. The molecular weight excluding hydrogens is 238 g/mol. The van der Waals surface area contributed by atoms with Crippen molar-refractivity contribution in [3.8, 4) is 0 Å². The molecule has 0 aliphatic carbocycles. The average Bonchev–Trinajstić information content (AvgIpc) is 3.01. The Bertz CT molecular complexity index is 526. The highest BCUT2D eigenvalue weighted by atomic mass is 15.3. The SMILES string of the molecule is CCc1cc(C(N)CCc2nccn2C)n(CC)n1. The van der Waals surface area contributed by atoms with Crippen LogP contribution in [0.1, 0.15) is 43.5 Å². The van der Waals surface area contributed by atoms with Gasteiger partial charge in [0.2, 0.25) is 0 Å². The van der Waals surface area contributed by atoms with Crippen LogP contribution in [0.25, 0.3) is 0 Å². The molecule has 0 spiro atoms. The van der Waals surface area contributed by atoms with Gasteiger partial charge in [0.15, 0.2) is 0 Å². The summed E-state index contributed by atoms with van der Waals surface area (Å²) in [4.78, 5) is 4.33. The topological polar surface area (TPSA) is 61.7 Å².